The fourth-order valence-corrected chi connectivity index (χ4v) is 4.03. The van der Waals surface area contributed by atoms with Crippen LogP contribution in [0.15, 0.2) is 0 Å². The molecule has 0 aromatic carbocycles. The van der Waals surface area contributed by atoms with E-state index in [1.165, 1.54) is 0 Å². The van der Waals surface area contributed by atoms with Gasteiger partial charge in [-0.1, -0.05) is 0 Å². The van der Waals surface area contributed by atoms with E-state index in [9.17, 15) is 9.59 Å². The van der Waals surface area contributed by atoms with Crippen molar-refractivity contribution in [1.29, 1.82) is 0 Å². The Labute approximate surface area is 72.2 Å². The molecule has 2 amide bonds. The summed E-state index contributed by atoms with van der Waals surface area (Å²) in [5, 5.41) is 1.88. The molecule has 4 nitrogen and oxygen atoms in total. The van der Waals surface area contributed by atoms with Crippen LogP contribution in [0.25, 0.3) is 0 Å². The first-order valence-corrected chi connectivity index (χ1v) is 7.89. The van der Waals surface area contributed by atoms with Crippen molar-refractivity contribution in [2.45, 2.75) is 23.3 Å². The maximum atomic E-state index is 10.3. The van der Waals surface area contributed by atoms with Crippen molar-refractivity contribution in [1.82, 2.24) is 0 Å². The third-order valence-electron chi connectivity index (χ3n) is 1.35. The molecule has 0 fully saturated rings. The third-order valence-corrected chi connectivity index (χ3v) is 4.93. The molecule has 64 valence electrons. The predicted molar refractivity (Wildman–Crippen MR) is 45.8 cm³/mol. The van der Waals surface area contributed by atoms with E-state index in [0.29, 0.717) is 12.8 Å². The van der Waals surface area contributed by atoms with Crippen LogP contribution < -0.4 is 11.5 Å². The fraction of sp³-hybridized carbons (Fsp3) is 0.667. The summed E-state index contributed by atoms with van der Waals surface area (Å²) in [6.45, 7) is 0. The van der Waals surface area contributed by atoms with Gasteiger partial charge in [-0.2, -0.15) is 0 Å². The molecule has 0 spiro atoms. The summed E-state index contributed by atoms with van der Waals surface area (Å²) in [7, 11) is 0. The number of carbonyl (C=O) groups excluding carboxylic acids is 2. The number of hydrogen-bond acceptors (Lipinski definition) is 2. The predicted octanol–water partition coefficient (Wildman–Crippen LogP) is -1.26. The van der Waals surface area contributed by atoms with Crippen LogP contribution in [0.1, 0.15) is 12.8 Å². The number of nitrogens with two attached hydrogens (primary N) is 2. The van der Waals surface area contributed by atoms with E-state index in [-0.39, 0.29) is 11.8 Å². The topological polar surface area (TPSA) is 86.2 Å². The molecule has 0 aromatic heterocycles. The number of primary amides is 2. The van der Waals surface area contributed by atoms with Crippen molar-refractivity contribution in [3.63, 3.8) is 0 Å². The molecule has 0 bridgehead atoms. The summed E-state index contributed by atoms with van der Waals surface area (Å²) in [5.41, 5.74) is 9.87. The molecule has 0 aliphatic rings. The Morgan fingerprint density at radius 3 is 1.64 bits per heavy atom. The summed E-state index contributed by atoms with van der Waals surface area (Å²) in [6.07, 6.45) is 0.970. The van der Waals surface area contributed by atoms with Crippen molar-refractivity contribution < 1.29 is 9.59 Å². The molecule has 0 saturated carbocycles. The van der Waals surface area contributed by atoms with Crippen LogP contribution in [0.2, 0.25) is 10.5 Å². The standard InChI is InChI=1S/C6H14GeN2O2/c8-5(10)1-3-7-4-2-6(9)11/h1-4,7H2,(H2,8,10)(H2,9,11). The molecular formula is C6H14GeN2O2. The molecule has 0 aromatic rings. The van der Waals surface area contributed by atoms with E-state index >= 15 is 0 Å². The van der Waals surface area contributed by atoms with Gasteiger partial charge in [0.2, 0.25) is 0 Å². The van der Waals surface area contributed by atoms with Gasteiger partial charge in [-0.05, 0) is 0 Å². The van der Waals surface area contributed by atoms with Gasteiger partial charge in [0.05, 0.1) is 0 Å². The Hall–Kier alpha value is -0.517. The Morgan fingerprint density at radius 2 is 1.36 bits per heavy atom. The molecule has 0 radical (unpaired) electrons. The van der Waals surface area contributed by atoms with Crippen molar-refractivity contribution in [3.8, 4) is 0 Å². The molecule has 0 heterocycles. The molecular weight excluding hydrogens is 205 g/mol. The average Bonchev–Trinajstić information content (AvgIpc) is 1.85. The number of carbonyl (C=O) groups is 2. The van der Waals surface area contributed by atoms with Crippen LogP contribution in [0.5, 0.6) is 0 Å². The molecule has 5 heteroatoms. The van der Waals surface area contributed by atoms with Gasteiger partial charge in [0.15, 0.2) is 0 Å². The van der Waals surface area contributed by atoms with Crippen molar-refractivity contribution >= 4 is 27.2 Å². The molecule has 0 rings (SSSR count). The summed E-state index contributed by atoms with van der Waals surface area (Å²) in [4.78, 5) is 20.5. The molecule has 0 unspecified atom stereocenters. The minimum absolute atomic E-state index is 0.241. The SMILES string of the molecule is NC(=O)C[CH2][GeH2][CH2]CC(N)=O. The zero-order valence-corrected chi connectivity index (χ0v) is 9.47. The van der Waals surface area contributed by atoms with Gasteiger partial charge in [0.25, 0.3) is 0 Å². The van der Waals surface area contributed by atoms with Gasteiger partial charge < -0.3 is 0 Å². The molecule has 11 heavy (non-hydrogen) atoms. The summed E-state index contributed by atoms with van der Waals surface area (Å²) in [5.74, 6) is -0.482. The number of amides is 2. The summed E-state index contributed by atoms with van der Waals surface area (Å²) < 4.78 is 0. The van der Waals surface area contributed by atoms with E-state index in [2.05, 4.69) is 0 Å². The fourth-order valence-electron chi connectivity index (χ4n) is 0.775. The maximum absolute atomic E-state index is 10.3. The number of rotatable bonds is 6. The van der Waals surface area contributed by atoms with Crippen LogP contribution in [0, 0.1) is 0 Å². The van der Waals surface area contributed by atoms with Gasteiger partial charge in [-0.15, -0.1) is 0 Å². The van der Waals surface area contributed by atoms with E-state index in [1.807, 2.05) is 0 Å². The normalized spacial score (nSPS) is 9.45. The first kappa shape index (κ1) is 10.5. The van der Waals surface area contributed by atoms with Gasteiger partial charge in [-0.25, -0.2) is 0 Å². The van der Waals surface area contributed by atoms with Gasteiger partial charge in [-0.3, -0.25) is 0 Å². The summed E-state index contributed by atoms with van der Waals surface area (Å²) >= 11 is -0.666. The Balaban J connectivity index is 3.03. The molecule has 0 aliphatic heterocycles. The first-order valence-electron chi connectivity index (χ1n) is 3.69. The van der Waals surface area contributed by atoms with Crippen molar-refractivity contribution in [3.05, 3.63) is 0 Å². The molecule has 0 saturated heterocycles. The van der Waals surface area contributed by atoms with Crippen LogP contribution in [0.3, 0.4) is 0 Å². The van der Waals surface area contributed by atoms with E-state index in [0.717, 1.165) is 10.5 Å². The minimum atomic E-state index is -0.666. The quantitative estimate of drug-likeness (QED) is 0.431. The van der Waals surface area contributed by atoms with Gasteiger partial charge in [0.1, 0.15) is 0 Å². The van der Waals surface area contributed by atoms with E-state index < -0.39 is 15.4 Å². The van der Waals surface area contributed by atoms with Crippen LogP contribution in [-0.4, -0.2) is 27.2 Å². The monoisotopic (exact) mass is 220 g/mol. The Morgan fingerprint density at radius 1 is 1.00 bits per heavy atom. The Kier molecular flexibility index (Phi) is 5.92. The third kappa shape index (κ3) is 9.48. The van der Waals surface area contributed by atoms with Gasteiger partial charge in [0, 0.05) is 0 Å². The molecule has 0 atom stereocenters. The van der Waals surface area contributed by atoms with E-state index in [1.54, 1.807) is 0 Å². The second kappa shape index (κ2) is 6.21. The number of hydrogen-bond donors (Lipinski definition) is 2. The van der Waals surface area contributed by atoms with E-state index in [4.69, 9.17) is 11.5 Å². The van der Waals surface area contributed by atoms with Crippen LogP contribution in [0.4, 0.5) is 0 Å². The second-order valence-electron chi connectivity index (χ2n) is 2.49. The van der Waals surface area contributed by atoms with Crippen LogP contribution >= 0.6 is 0 Å². The first-order chi connectivity index (χ1) is 5.13. The second-order valence-corrected chi connectivity index (χ2v) is 6.94. The Bertz CT molecular complexity index is 134. The van der Waals surface area contributed by atoms with Gasteiger partial charge >= 0.3 is 71.7 Å². The van der Waals surface area contributed by atoms with Crippen LogP contribution in [-0.2, 0) is 9.59 Å². The van der Waals surface area contributed by atoms with Crippen molar-refractivity contribution in [2.24, 2.45) is 11.5 Å². The summed E-state index contributed by atoms with van der Waals surface area (Å²) in [6, 6.07) is 0. The zero-order valence-electron chi connectivity index (χ0n) is 6.51. The average molecular weight is 219 g/mol. The zero-order chi connectivity index (χ0) is 8.69. The molecule has 4 N–H and O–H groups in total. The molecule has 0 aliphatic carbocycles. The van der Waals surface area contributed by atoms with Crippen molar-refractivity contribution in [2.75, 3.05) is 0 Å².